The average molecular weight is 198 g/mol. The van der Waals surface area contributed by atoms with E-state index in [1.54, 1.807) is 0 Å². The van der Waals surface area contributed by atoms with Crippen LogP contribution in [0.25, 0.3) is 0 Å². The van der Waals surface area contributed by atoms with Gasteiger partial charge in [-0.2, -0.15) is 0 Å². The predicted octanol–water partition coefficient (Wildman–Crippen LogP) is 2.38. The molecule has 84 valence electrons. The van der Waals surface area contributed by atoms with Crippen molar-refractivity contribution in [2.24, 2.45) is 5.73 Å². The molecule has 1 aliphatic rings. The van der Waals surface area contributed by atoms with Crippen molar-refractivity contribution >= 4 is 0 Å². The van der Waals surface area contributed by atoms with Gasteiger partial charge in [-0.15, -0.1) is 0 Å². The second-order valence-electron chi connectivity index (χ2n) is 4.75. The van der Waals surface area contributed by atoms with Gasteiger partial charge in [-0.3, -0.25) is 4.90 Å². The minimum absolute atomic E-state index is 0.338. The quantitative estimate of drug-likeness (QED) is 0.751. The molecular formula is C12H26N2. The van der Waals surface area contributed by atoms with Crippen molar-refractivity contribution in [1.82, 2.24) is 4.90 Å². The van der Waals surface area contributed by atoms with Crippen LogP contribution in [-0.2, 0) is 0 Å². The fraction of sp³-hybridized carbons (Fsp3) is 1.00. The molecule has 0 aliphatic carbocycles. The Morgan fingerprint density at radius 1 is 1.36 bits per heavy atom. The van der Waals surface area contributed by atoms with Gasteiger partial charge in [0.25, 0.3) is 0 Å². The van der Waals surface area contributed by atoms with Crippen LogP contribution >= 0.6 is 0 Å². The zero-order valence-electron chi connectivity index (χ0n) is 10.2. The first-order chi connectivity index (χ1) is 6.61. The molecule has 0 saturated carbocycles. The van der Waals surface area contributed by atoms with Crippen LogP contribution in [0.5, 0.6) is 0 Å². The maximum Gasteiger partial charge on any atom is 0.0224 e. The van der Waals surface area contributed by atoms with E-state index in [-0.39, 0.29) is 0 Å². The molecule has 0 aromatic heterocycles. The molecule has 2 nitrogen and oxygen atoms in total. The lowest BCUT2D eigenvalue weighted by molar-refractivity contribution is 0.123. The Morgan fingerprint density at radius 2 is 2.00 bits per heavy atom. The summed E-state index contributed by atoms with van der Waals surface area (Å²) in [4.78, 5) is 2.65. The van der Waals surface area contributed by atoms with E-state index in [9.17, 15) is 0 Å². The van der Waals surface area contributed by atoms with Crippen LogP contribution < -0.4 is 5.73 Å². The number of hydrogen-bond acceptors (Lipinski definition) is 2. The Morgan fingerprint density at radius 3 is 2.50 bits per heavy atom. The first kappa shape index (κ1) is 12.0. The maximum atomic E-state index is 6.13. The lowest BCUT2D eigenvalue weighted by Crippen LogP contribution is -2.50. The molecule has 0 spiro atoms. The van der Waals surface area contributed by atoms with Gasteiger partial charge in [0.15, 0.2) is 0 Å². The molecule has 1 saturated heterocycles. The Bertz CT molecular complexity index is 170. The third kappa shape index (κ3) is 2.29. The molecule has 1 rings (SSSR count). The highest BCUT2D eigenvalue weighted by molar-refractivity contribution is 4.91. The average Bonchev–Trinajstić information content (AvgIpc) is 2.57. The summed E-state index contributed by atoms with van der Waals surface area (Å²) in [6.07, 6.45) is 5.06. The third-order valence-corrected chi connectivity index (χ3v) is 3.88. The molecule has 2 N–H and O–H groups in total. The SMILES string of the molecule is CCC(N)C(C)N1C(C)CCC1CC. The molecular weight excluding hydrogens is 172 g/mol. The van der Waals surface area contributed by atoms with Gasteiger partial charge in [-0.25, -0.2) is 0 Å². The Hall–Kier alpha value is -0.0800. The normalized spacial score (nSPS) is 33.2. The molecule has 1 aliphatic heterocycles. The minimum atomic E-state index is 0.338. The summed E-state index contributed by atoms with van der Waals surface area (Å²) in [6, 6.07) is 2.39. The smallest absolute Gasteiger partial charge is 0.0224 e. The molecule has 0 aromatic carbocycles. The summed E-state index contributed by atoms with van der Waals surface area (Å²) < 4.78 is 0. The maximum absolute atomic E-state index is 6.13. The molecule has 0 bridgehead atoms. The van der Waals surface area contributed by atoms with E-state index in [2.05, 4.69) is 32.6 Å². The van der Waals surface area contributed by atoms with E-state index < -0.39 is 0 Å². The van der Waals surface area contributed by atoms with Crippen LogP contribution in [-0.4, -0.2) is 29.1 Å². The van der Waals surface area contributed by atoms with Crippen LogP contribution in [0.1, 0.15) is 53.4 Å². The molecule has 4 unspecified atom stereocenters. The van der Waals surface area contributed by atoms with Gasteiger partial charge >= 0.3 is 0 Å². The highest BCUT2D eigenvalue weighted by Gasteiger charge is 2.34. The van der Waals surface area contributed by atoms with E-state index in [1.165, 1.54) is 19.3 Å². The van der Waals surface area contributed by atoms with E-state index in [0.717, 1.165) is 18.5 Å². The summed E-state index contributed by atoms with van der Waals surface area (Å²) in [6.45, 7) is 9.11. The van der Waals surface area contributed by atoms with Crippen LogP contribution in [0.2, 0.25) is 0 Å². The van der Waals surface area contributed by atoms with Crippen molar-refractivity contribution in [3.63, 3.8) is 0 Å². The topological polar surface area (TPSA) is 29.3 Å². The Labute approximate surface area is 88.8 Å². The van der Waals surface area contributed by atoms with Gasteiger partial charge < -0.3 is 5.73 Å². The lowest BCUT2D eigenvalue weighted by atomic mass is 10.0. The molecule has 0 radical (unpaired) electrons. The largest absolute Gasteiger partial charge is 0.326 e. The Kier molecular flexibility index (Phi) is 4.39. The van der Waals surface area contributed by atoms with Crippen molar-refractivity contribution in [2.75, 3.05) is 0 Å². The van der Waals surface area contributed by atoms with Crippen LogP contribution in [0.4, 0.5) is 0 Å². The molecule has 4 atom stereocenters. The Balaban J connectivity index is 2.63. The zero-order valence-corrected chi connectivity index (χ0v) is 10.2. The van der Waals surface area contributed by atoms with E-state index in [1.807, 2.05) is 0 Å². The summed E-state index contributed by atoms with van der Waals surface area (Å²) in [7, 11) is 0. The van der Waals surface area contributed by atoms with Crippen molar-refractivity contribution in [3.8, 4) is 0 Å². The van der Waals surface area contributed by atoms with Gasteiger partial charge in [-0.05, 0) is 39.5 Å². The third-order valence-electron chi connectivity index (χ3n) is 3.88. The predicted molar refractivity (Wildman–Crippen MR) is 62.3 cm³/mol. The summed E-state index contributed by atoms with van der Waals surface area (Å²) >= 11 is 0. The molecule has 0 aromatic rings. The molecule has 1 heterocycles. The second kappa shape index (κ2) is 5.13. The number of nitrogens with zero attached hydrogens (tertiary/aromatic N) is 1. The summed E-state index contributed by atoms with van der Waals surface area (Å²) in [5.41, 5.74) is 6.13. The van der Waals surface area contributed by atoms with Crippen LogP contribution in [0.15, 0.2) is 0 Å². The number of rotatable bonds is 4. The summed E-state index contributed by atoms with van der Waals surface area (Å²) in [5, 5.41) is 0. The standard InChI is InChI=1S/C12H26N2/c1-5-11-8-7-9(3)14(11)10(4)12(13)6-2/h9-12H,5-8,13H2,1-4H3. The first-order valence-corrected chi connectivity index (χ1v) is 6.14. The second-order valence-corrected chi connectivity index (χ2v) is 4.75. The number of hydrogen-bond donors (Lipinski definition) is 1. The lowest BCUT2D eigenvalue weighted by Gasteiger charge is -2.36. The van der Waals surface area contributed by atoms with Crippen molar-refractivity contribution in [3.05, 3.63) is 0 Å². The van der Waals surface area contributed by atoms with E-state index >= 15 is 0 Å². The van der Waals surface area contributed by atoms with Gasteiger partial charge in [0.1, 0.15) is 0 Å². The van der Waals surface area contributed by atoms with Gasteiger partial charge in [0.2, 0.25) is 0 Å². The fourth-order valence-electron chi connectivity index (χ4n) is 2.80. The zero-order chi connectivity index (χ0) is 10.7. The van der Waals surface area contributed by atoms with Crippen LogP contribution in [0, 0.1) is 0 Å². The van der Waals surface area contributed by atoms with Gasteiger partial charge in [0.05, 0.1) is 0 Å². The van der Waals surface area contributed by atoms with Crippen LogP contribution in [0.3, 0.4) is 0 Å². The van der Waals surface area contributed by atoms with Gasteiger partial charge in [-0.1, -0.05) is 13.8 Å². The van der Waals surface area contributed by atoms with E-state index in [0.29, 0.717) is 12.1 Å². The minimum Gasteiger partial charge on any atom is -0.326 e. The van der Waals surface area contributed by atoms with Gasteiger partial charge in [0, 0.05) is 24.2 Å². The van der Waals surface area contributed by atoms with E-state index in [4.69, 9.17) is 5.73 Å². The molecule has 2 heteroatoms. The highest BCUT2D eigenvalue weighted by Crippen LogP contribution is 2.29. The number of likely N-dealkylation sites (tertiary alicyclic amines) is 1. The fourth-order valence-corrected chi connectivity index (χ4v) is 2.80. The number of nitrogens with two attached hydrogens (primary N) is 1. The van der Waals surface area contributed by atoms with Crippen molar-refractivity contribution in [1.29, 1.82) is 0 Å². The first-order valence-electron chi connectivity index (χ1n) is 6.14. The summed E-state index contributed by atoms with van der Waals surface area (Å²) in [5.74, 6) is 0. The van der Waals surface area contributed by atoms with Crippen molar-refractivity contribution in [2.45, 2.75) is 77.5 Å². The molecule has 0 amide bonds. The molecule has 14 heavy (non-hydrogen) atoms. The monoisotopic (exact) mass is 198 g/mol. The van der Waals surface area contributed by atoms with Crippen molar-refractivity contribution < 1.29 is 0 Å². The molecule has 1 fully saturated rings. The highest BCUT2D eigenvalue weighted by atomic mass is 15.2.